The lowest BCUT2D eigenvalue weighted by molar-refractivity contribution is -0.123. The maximum atomic E-state index is 11.9. The summed E-state index contributed by atoms with van der Waals surface area (Å²) in [4.78, 5) is 23.7. The first kappa shape index (κ1) is 17.2. The molecule has 0 bridgehead atoms. The predicted octanol–water partition coefficient (Wildman–Crippen LogP) is 2.59. The summed E-state index contributed by atoms with van der Waals surface area (Å²) in [5, 5.41) is 5.58. The van der Waals surface area contributed by atoms with E-state index >= 15 is 0 Å². The number of hydrogen-bond acceptors (Lipinski definition) is 3. The second-order valence-corrected chi connectivity index (χ2v) is 6.54. The van der Waals surface area contributed by atoms with Gasteiger partial charge in [-0.15, -0.1) is 0 Å². The van der Waals surface area contributed by atoms with E-state index < -0.39 is 11.5 Å². The van der Waals surface area contributed by atoms with Gasteiger partial charge in [0.05, 0.1) is 6.04 Å². The zero-order valence-electron chi connectivity index (χ0n) is 13.4. The van der Waals surface area contributed by atoms with E-state index in [1.807, 2.05) is 34.6 Å². The summed E-state index contributed by atoms with van der Waals surface area (Å²) in [6, 6.07) is 6.44. The Morgan fingerprint density at radius 2 is 1.43 bits per heavy atom. The number of carbonyl (C=O) groups is 2. The van der Waals surface area contributed by atoms with Crippen molar-refractivity contribution < 1.29 is 9.59 Å². The smallest absolute Gasteiger partial charge is 0.241 e. The van der Waals surface area contributed by atoms with Crippen LogP contribution in [0.3, 0.4) is 0 Å². The molecule has 0 aromatic heterocycles. The van der Waals surface area contributed by atoms with Gasteiger partial charge in [-0.3, -0.25) is 9.59 Å². The van der Waals surface area contributed by atoms with Gasteiger partial charge >= 0.3 is 0 Å². The van der Waals surface area contributed by atoms with Crippen LogP contribution >= 0.6 is 0 Å². The molecule has 0 unspecified atom stereocenters. The third-order valence-corrected chi connectivity index (χ3v) is 3.11. The number of benzene rings is 1. The summed E-state index contributed by atoms with van der Waals surface area (Å²) in [5.41, 5.74) is 6.69. The first-order chi connectivity index (χ1) is 9.61. The zero-order valence-corrected chi connectivity index (χ0v) is 13.4. The summed E-state index contributed by atoms with van der Waals surface area (Å²) in [6.07, 6.45) is 0. The van der Waals surface area contributed by atoms with Gasteiger partial charge in [0.2, 0.25) is 11.8 Å². The Morgan fingerprint density at radius 3 is 1.81 bits per heavy atom. The summed E-state index contributed by atoms with van der Waals surface area (Å²) in [7, 11) is 0. The van der Waals surface area contributed by atoms with Crippen molar-refractivity contribution in [2.45, 2.75) is 40.7 Å². The summed E-state index contributed by atoms with van der Waals surface area (Å²) in [5.74, 6) is -0.187. The van der Waals surface area contributed by atoms with E-state index in [0.29, 0.717) is 11.4 Å². The maximum Gasteiger partial charge on any atom is 0.241 e. The van der Waals surface area contributed by atoms with Gasteiger partial charge in [0.25, 0.3) is 0 Å². The highest BCUT2D eigenvalue weighted by atomic mass is 16.2. The molecule has 0 radical (unpaired) electrons. The molecule has 5 nitrogen and oxygen atoms in total. The Balaban J connectivity index is 2.67. The van der Waals surface area contributed by atoms with Gasteiger partial charge < -0.3 is 16.4 Å². The molecule has 0 heterocycles. The molecule has 0 saturated heterocycles. The fraction of sp³-hybridized carbons (Fsp3) is 0.500. The highest BCUT2D eigenvalue weighted by Crippen LogP contribution is 2.19. The SMILES string of the molecule is CC(C)[C@H](N)C(=O)Nc1ccc(NC(=O)C(C)(C)C)cc1. The van der Waals surface area contributed by atoms with Crippen molar-refractivity contribution in [1.29, 1.82) is 0 Å². The number of nitrogens with one attached hydrogen (secondary N) is 2. The highest BCUT2D eigenvalue weighted by molar-refractivity contribution is 5.96. The van der Waals surface area contributed by atoms with Gasteiger partial charge in [0, 0.05) is 16.8 Å². The van der Waals surface area contributed by atoms with Crippen molar-refractivity contribution in [2.75, 3.05) is 10.6 Å². The topological polar surface area (TPSA) is 84.2 Å². The first-order valence-corrected chi connectivity index (χ1v) is 7.09. The molecule has 1 aromatic carbocycles. The van der Waals surface area contributed by atoms with Crippen molar-refractivity contribution in [3.63, 3.8) is 0 Å². The Kier molecular flexibility index (Phi) is 5.49. The lowest BCUT2D eigenvalue weighted by Gasteiger charge is -2.18. The molecule has 116 valence electrons. The number of hydrogen-bond donors (Lipinski definition) is 3. The molecule has 0 fully saturated rings. The average molecular weight is 291 g/mol. The van der Waals surface area contributed by atoms with Crippen molar-refractivity contribution in [1.82, 2.24) is 0 Å². The van der Waals surface area contributed by atoms with Crippen LogP contribution in [0.25, 0.3) is 0 Å². The Hall–Kier alpha value is -1.88. The second kappa shape index (κ2) is 6.72. The molecule has 0 saturated carbocycles. The Bertz CT molecular complexity index is 501. The minimum Gasteiger partial charge on any atom is -0.326 e. The summed E-state index contributed by atoms with van der Waals surface area (Å²) >= 11 is 0. The fourth-order valence-electron chi connectivity index (χ4n) is 1.48. The van der Waals surface area contributed by atoms with Crippen LogP contribution in [-0.2, 0) is 9.59 Å². The number of anilines is 2. The summed E-state index contributed by atoms with van der Waals surface area (Å²) in [6.45, 7) is 9.35. The van der Waals surface area contributed by atoms with Crippen LogP contribution in [0.1, 0.15) is 34.6 Å². The van der Waals surface area contributed by atoms with Gasteiger partial charge in [-0.1, -0.05) is 34.6 Å². The number of rotatable bonds is 4. The average Bonchev–Trinajstić information content (AvgIpc) is 2.38. The van der Waals surface area contributed by atoms with E-state index in [1.165, 1.54) is 0 Å². The zero-order chi connectivity index (χ0) is 16.2. The van der Waals surface area contributed by atoms with E-state index in [0.717, 1.165) is 0 Å². The molecular weight excluding hydrogens is 266 g/mol. The van der Waals surface area contributed by atoms with Crippen LogP contribution in [0, 0.1) is 11.3 Å². The Morgan fingerprint density at radius 1 is 1.00 bits per heavy atom. The Labute approximate surface area is 126 Å². The molecule has 0 spiro atoms. The maximum absolute atomic E-state index is 11.9. The van der Waals surface area contributed by atoms with Crippen LogP contribution in [0.4, 0.5) is 11.4 Å². The van der Waals surface area contributed by atoms with E-state index in [1.54, 1.807) is 24.3 Å². The number of nitrogens with two attached hydrogens (primary N) is 1. The van der Waals surface area contributed by atoms with Crippen molar-refractivity contribution in [3.8, 4) is 0 Å². The molecule has 0 aliphatic rings. The predicted molar refractivity (Wildman–Crippen MR) is 86.0 cm³/mol. The molecule has 5 heteroatoms. The molecular formula is C16H25N3O2. The quantitative estimate of drug-likeness (QED) is 0.797. The van der Waals surface area contributed by atoms with Gasteiger partial charge in [-0.2, -0.15) is 0 Å². The van der Waals surface area contributed by atoms with Crippen molar-refractivity contribution in [3.05, 3.63) is 24.3 Å². The minimum atomic E-state index is -0.537. The number of amides is 2. The van der Waals surface area contributed by atoms with Crippen LogP contribution in [0.5, 0.6) is 0 Å². The molecule has 2 amide bonds. The van der Waals surface area contributed by atoms with Crippen LogP contribution in [-0.4, -0.2) is 17.9 Å². The van der Waals surface area contributed by atoms with Gasteiger partial charge in [0.1, 0.15) is 0 Å². The van der Waals surface area contributed by atoms with Crippen molar-refractivity contribution >= 4 is 23.2 Å². The first-order valence-electron chi connectivity index (χ1n) is 7.09. The third kappa shape index (κ3) is 5.19. The molecule has 21 heavy (non-hydrogen) atoms. The van der Waals surface area contributed by atoms with Crippen LogP contribution < -0.4 is 16.4 Å². The van der Waals surface area contributed by atoms with Gasteiger partial charge in [-0.25, -0.2) is 0 Å². The van der Waals surface area contributed by atoms with E-state index in [9.17, 15) is 9.59 Å². The summed E-state index contributed by atoms with van der Waals surface area (Å²) < 4.78 is 0. The van der Waals surface area contributed by atoms with E-state index in [-0.39, 0.29) is 17.7 Å². The van der Waals surface area contributed by atoms with Crippen molar-refractivity contribution in [2.24, 2.45) is 17.1 Å². The molecule has 1 atom stereocenters. The molecule has 1 aromatic rings. The molecule has 4 N–H and O–H groups in total. The normalized spacial score (nSPS) is 12.9. The largest absolute Gasteiger partial charge is 0.326 e. The lowest BCUT2D eigenvalue weighted by atomic mass is 9.95. The second-order valence-electron chi connectivity index (χ2n) is 6.54. The highest BCUT2D eigenvalue weighted by Gasteiger charge is 2.21. The van der Waals surface area contributed by atoms with Crippen LogP contribution in [0.15, 0.2) is 24.3 Å². The fourth-order valence-corrected chi connectivity index (χ4v) is 1.48. The standard InChI is InChI=1S/C16H25N3O2/c1-10(2)13(17)14(20)18-11-6-8-12(9-7-11)19-15(21)16(3,4)5/h6-10,13H,17H2,1-5H3,(H,18,20)(H,19,21)/t13-/m0/s1. The molecule has 0 aliphatic carbocycles. The molecule has 0 aliphatic heterocycles. The lowest BCUT2D eigenvalue weighted by Crippen LogP contribution is -2.39. The molecule has 1 rings (SSSR count). The van der Waals surface area contributed by atoms with E-state index in [2.05, 4.69) is 10.6 Å². The third-order valence-electron chi connectivity index (χ3n) is 3.11. The minimum absolute atomic E-state index is 0.0545. The van der Waals surface area contributed by atoms with Gasteiger partial charge in [-0.05, 0) is 30.2 Å². The van der Waals surface area contributed by atoms with E-state index in [4.69, 9.17) is 5.73 Å². The van der Waals surface area contributed by atoms with Crippen LogP contribution in [0.2, 0.25) is 0 Å². The number of carbonyl (C=O) groups excluding carboxylic acids is 2. The monoisotopic (exact) mass is 291 g/mol. The van der Waals surface area contributed by atoms with Gasteiger partial charge in [0.15, 0.2) is 0 Å².